The van der Waals surface area contributed by atoms with Crippen LogP contribution >= 0.6 is 11.6 Å². The van der Waals surface area contributed by atoms with Gasteiger partial charge in [0.05, 0.1) is 30.1 Å². The molecular weight excluding hydrogens is 380 g/mol. The molecule has 1 aliphatic rings. The highest BCUT2D eigenvalue weighted by atomic mass is 35.5. The van der Waals surface area contributed by atoms with Crippen LogP contribution in [0.25, 0.3) is 6.08 Å². The number of sulfone groups is 1. The maximum atomic E-state index is 12.1. The van der Waals surface area contributed by atoms with Crippen LogP contribution in [0.4, 0.5) is 0 Å². The highest BCUT2D eigenvalue weighted by Gasteiger charge is 2.40. The van der Waals surface area contributed by atoms with Gasteiger partial charge in [0.2, 0.25) is 0 Å². The van der Waals surface area contributed by atoms with Gasteiger partial charge in [-0.2, -0.15) is 0 Å². The summed E-state index contributed by atoms with van der Waals surface area (Å²) in [6.45, 7) is 0.780. The Bertz CT molecular complexity index is 828. The lowest BCUT2D eigenvalue weighted by Crippen LogP contribution is -2.29. The zero-order valence-corrected chi connectivity index (χ0v) is 16.0. The number of hydrogen-bond donors (Lipinski definition) is 4. The minimum Gasteiger partial charge on any atom is -0.508 e. The quantitative estimate of drug-likeness (QED) is 0.516. The van der Waals surface area contributed by atoms with Gasteiger partial charge in [0.15, 0.2) is 9.84 Å². The third-order valence-electron chi connectivity index (χ3n) is 4.48. The maximum Gasteiger partial charge on any atom is 0.163 e. The molecule has 0 unspecified atom stereocenters. The van der Waals surface area contributed by atoms with Crippen LogP contribution in [0.1, 0.15) is 25.3 Å². The first kappa shape index (κ1) is 20.9. The van der Waals surface area contributed by atoms with Crippen LogP contribution < -0.4 is 0 Å². The second kappa shape index (κ2) is 8.54. The molecule has 1 aromatic rings. The molecule has 1 aromatic carbocycles. The summed E-state index contributed by atoms with van der Waals surface area (Å²) >= 11 is 6.06. The number of aliphatic hydroxyl groups is 3. The molecule has 1 aliphatic heterocycles. The summed E-state index contributed by atoms with van der Waals surface area (Å²) < 4.78 is 24.1. The number of aromatic hydroxyl groups is 1. The fourth-order valence-electron chi connectivity index (χ4n) is 3.14. The smallest absolute Gasteiger partial charge is 0.163 e. The number of phenolic OH excluding ortho intramolecular Hbond substituents is 1. The van der Waals surface area contributed by atoms with E-state index in [4.69, 9.17) is 11.6 Å². The summed E-state index contributed by atoms with van der Waals surface area (Å²) in [5, 5.41) is 37.9. The Kier molecular flexibility index (Phi) is 6.87. The van der Waals surface area contributed by atoms with E-state index in [1.54, 1.807) is 6.07 Å². The summed E-state index contributed by atoms with van der Waals surface area (Å²) in [5.41, 5.74) is 2.11. The molecule has 0 aliphatic carbocycles. The molecule has 8 heteroatoms. The number of benzene rings is 1. The van der Waals surface area contributed by atoms with Crippen molar-refractivity contribution >= 4 is 27.5 Å². The first-order valence-corrected chi connectivity index (χ1v) is 10.3. The largest absolute Gasteiger partial charge is 0.508 e. The van der Waals surface area contributed by atoms with Crippen molar-refractivity contribution in [1.82, 2.24) is 0 Å². The lowest BCUT2D eigenvalue weighted by atomic mass is 9.95. The van der Waals surface area contributed by atoms with Crippen molar-refractivity contribution in [2.24, 2.45) is 0 Å². The number of aliphatic hydroxyl groups excluding tert-OH is 3. The standard InChI is InChI=1S/C18H23ClO6S/c1-11(6-12-3-4-14(22)7-15(12)19)2-5-16(23)18-13(8-20)10-26(24,25)17(18)9-21/h3-4,6-7,16-17,20-23H,2,5,8-10H2,1H3/b11-6+/t16-,17+/m1/s1. The molecule has 0 aromatic heterocycles. The third kappa shape index (κ3) is 4.66. The van der Waals surface area contributed by atoms with E-state index < -0.39 is 34.4 Å². The number of phenols is 1. The number of rotatable bonds is 7. The van der Waals surface area contributed by atoms with Crippen molar-refractivity contribution in [2.45, 2.75) is 31.1 Å². The average molecular weight is 403 g/mol. The molecule has 6 nitrogen and oxygen atoms in total. The lowest BCUT2D eigenvalue weighted by molar-refractivity contribution is 0.186. The fraction of sp³-hybridized carbons (Fsp3) is 0.444. The molecule has 1 heterocycles. The maximum absolute atomic E-state index is 12.1. The van der Waals surface area contributed by atoms with E-state index in [9.17, 15) is 28.8 Å². The highest BCUT2D eigenvalue weighted by Crippen LogP contribution is 2.32. The molecule has 26 heavy (non-hydrogen) atoms. The van der Waals surface area contributed by atoms with Gasteiger partial charge >= 0.3 is 0 Å². The molecule has 0 radical (unpaired) electrons. The van der Waals surface area contributed by atoms with E-state index in [1.807, 2.05) is 13.0 Å². The molecule has 0 saturated heterocycles. The van der Waals surface area contributed by atoms with Crippen LogP contribution in [0.15, 0.2) is 34.9 Å². The van der Waals surface area contributed by atoms with Crippen LogP contribution in [0.2, 0.25) is 5.02 Å². The number of hydrogen-bond acceptors (Lipinski definition) is 6. The normalized spacial score (nSPS) is 21.3. The molecule has 2 atom stereocenters. The van der Waals surface area contributed by atoms with E-state index in [0.29, 0.717) is 11.4 Å². The molecule has 0 spiro atoms. The SMILES string of the molecule is C/C(=C\c1ccc(O)cc1Cl)CC[C@@H](O)C1=C(CO)CS(=O)(=O)[C@H]1CO. The van der Waals surface area contributed by atoms with Gasteiger partial charge < -0.3 is 20.4 Å². The Morgan fingerprint density at radius 3 is 2.65 bits per heavy atom. The third-order valence-corrected chi connectivity index (χ3v) is 6.83. The Hall–Kier alpha value is -1.38. The summed E-state index contributed by atoms with van der Waals surface area (Å²) in [5.74, 6) is -0.264. The van der Waals surface area contributed by atoms with Crippen molar-refractivity contribution < 1.29 is 28.8 Å². The van der Waals surface area contributed by atoms with E-state index in [2.05, 4.69) is 0 Å². The summed E-state index contributed by atoms with van der Waals surface area (Å²) in [6, 6.07) is 4.63. The van der Waals surface area contributed by atoms with E-state index in [-0.39, 0.29) is 29.1 Å². The van der Waals surface area contributed by atoms with Gasteiger partial charge in [-0.1, -0.05) is 23.3 Å². The minimum atomic E-state index is -3.59. The van der Waals surface area contributed by atoms with Crippen molar-refractivity contribution in [3.63, 3.8) is 0 Å². The van der Waals surface area contributed by atoms with E-state index >= 15 is 0 Å². The first-order valence-electron chi connectivity index (χ1n) is 8.18. The molecule has 2 rings (SSSR count). The molecule has 0 bridgehead atoms. The van der Waals surface area contributed by atoms with E-state index in [0.717, 1.165) is 11.1 Å². The van der Waals surface area contributed by atoms with Gasteiger partial charge in [-0.25, -0.2) is 8.42 Å². The zero-order chi connectivity index (χ0) is 19.5. The van der Waals surface area contributed by atoms with Gasteiger partial charge in [-0.05, 0) is 54.7 Å². The van der Waals surface area contributed by atoms with Crippen LogP contribution in [-0.2, 0) is 9.84 Å². The van der Waals surface area contributed by atoms with E-state index in [1.165, 1.54) is 12.1 Å². The second-order valence-corrected chi connectivity index (χ2v) is 9.04. The molecule has 144 valence electrons. The fourth-order valence-corrected chi connectivity index (χ4v) is 5.25. The second-order valence-electron chi connectivity index (χ2n) is 6.45. The summed E-state index contributed by atoms with van der Waals surface area (Å²) in [7, 11) is -3.59. The Morgan fingerprint density at radius 1 is 1.38 bits per heavy atom. The van der Waals surface area contributed by atoms with Gasteiger partial charge in [0.1, 0.15) is 11.0 Å². The van der Waals surface area contributed by atoms with Gasteiger partial charge in [0, 0.05) is 0 Å². The topological polar surface area (TPSA) is 115 Å². The monoisotopic (exact) mass is 402 g/mol. The van der Waals surface area contributed by atoms with Crippen LogP contribution in [0.3, 0.4) is 0 Å². The molecular formula is C18H23ClO6S. The van der Waals surface area contributed by atoms with Gasteiger partial charge in [-0.15, -0.1) is 0 Å². The van der Waals surface area contributed by atoms with Crippen LogP contribution in [-0.4, -0.2) is 59.2 Å². The predicted molar refractivity (Wildman–Crippen MR) is 101 cm³/mol. The minimum absolute atomic E-state index is 0.0705. The van der Waals surface area contributed by atoms with Gasteiger partial charge in [-0.3, -0.25) is 0 Å². The summed E-state index contributed by atoms with van der Waals surface area (Å²) in [6.07, 6.45) is 1.48. The van der Waals surface area contributed by atoms with Crippen molar-refractivity contribution in [2.75, 3.05) is 19.0 Å². The average Bonchev–Trinajstić information content (AvgIpc) is 2.85. The predicted octanol–water partition coefficient (Wildman–Crippen LogP) is 1.67. The molecule has 0 amide bonds. The molecule has 0 saturated carbocycles. The number of halogens is 1. The van der Waals surface area contributed by atoms with Crippen molar-refractivity contribution in [1.29, 1.82) is 0 Å². The lowest BCUT2D eigenvalue weighted by Gasteiger charge is -2.19. The summed E-state index contributed by atoms with van der Waals surface area (Å²) in [4.78, 5) is 0. The van der Waals surface area contributed by atoms with Crippen LogP contribution in [0.5, 0.6) is 5.75 Å². The molecule has 0 fully saturated rings. The molecule has 4 N–H and O–H groups in total. The van der Waals surface area contributed by atoms with Crippen molar-refractivity contribution in [3.8, 4) is 5.75 Å². The Labute approximate surface area is 158 Å². The van der Waals surface area contributed by atoms with Crippen molar-refractivity contribution in [3.05, 3.63) is 45.5 Å². The zero-order valence-electron chi connectivity index (χ0n) is 14.4. The van der Waals surface area contributed by atoms with Crippen LogP contribution in [0, 0.1) is 0 Å². The number of allylic oxidation sites excluding steroid dienone is 1. The first-order chi connectivity index (χ1) is 12.2. The highest BCUT2D eigenvalue weighted by molar-refractivity contribution is 7.92. The Balaban J connectivity index is 2.12. The Morgan fingerprint density at radius 2 is 2.08 bits per heavy atom. The van der Waals surface area contributed by atoms with Gasteiger partial charge in [0.25, 0.3) is 0 Å².